The molecule has 0 fully saturated rings. The van der Waals surface area contributed by atoms with Gasteiger partial charge < -0.3 is 15.4 Å². The fourth-order valence-corrected chi connectivity index (χ4v) is 2.27. The first kappa shape index (κ1) is 16.6. The molecule has 1 aromatic carbocycles. The Balaban J connectivity index is 1.49. The third kappa shape index (κ3) is 5.13. The lowest BCUT2D eigenvalue weighted by Gasteiger charge is -2.08. The van der Waals surface area contributed by atoms with Crippen molar-refractivity contribution < 1.29 is 4.74 Å². The van der Waals surface area contributed by atoms with E-state index in [2.05, 4.69) is 30.8 Å². The second-order valence-corrected chi connectivity index (χ2v) is 5.40. The van der Waals surface area contributed by atoms with Gasteiger partial charge in [-0.3, -0.25) is 4.98 Å². The van der Waals surface area contributed by atoms with E-state index in [9.17, 15) is 0 Å². The number of benzene rings is 1. The van der Waals surface area contributed by atoms with Gasteiger partial charge in [0, 0.05) is 25.5 Å². The summed E-state index contributed by atoms with van der Waals surface area (Å²) in [5.41, 5.74) is 2.34. The number of rotatable bonds is 8. The summed E-state index contributed by atoms with van der Waals surface area (Å²) in [6.07, 6.45) is 6.00. The lowest BCUT2D eigenvalue weighted by molar-refractivity contribution is 0.414. The van der Waals surface area contributed by atoms with Crippen molar-refractivity contribution in [3.05, 3.63) is 66.1 Å². The number of pyridine rings is 1. The van der Waals surface area contributed by atoms with Crippen LogP contribution in [0.15, 0.2) is 55.0 Å². The van der Waals surface area contributed by atoms with Crippen LogP contribution in [0.25, 0.3) is 0 Å². The summed E-state index contributed by atoms with van der Waals surface area (Å²) in [7, 11) is 1.66. The maximum atomic E-state index is 5.16. The molecule has 128 valence electrons. The number of nitrogens with one attached hydrogen (secondary N) is 2. The van der Waals surface area contributed by atoms with Gasteiger partial charge in [0.2, 0.25) is 5.95 Å². The van der Waals surface area contributed by atoms with Crippen LogP contribution in [0.4, 0.5) is 11.8 Å². The first-order valence-corrected chi connectivity index (χ1v) is 8.03. The largest absolute Gasteiger partial charge is 0.497 e. The number of hydrogen-bond acceptors (Lipinski definition) is 7. The summed E-state index contributed by atoms with van der Waals surface area (Å²) in [5.74, 6) is 2.05. The molecule has 0 aliphatic heterocycles. The summed E-state index contributed by atoms with van der Waals surface area (Å²) in [5, 5.41) is 14.4. The fourth-order valence-electron chi connectivity index (χ4n) is 2.27. The Bertz CT molecular complexity index is 779. The van der Waals surface area contributed by atoms with Crippen LogP contribution >= 0.6 is 0 Å². The van der Waals surface area contributed by atoms with Crippen LogP contribution < -0.4 is 15.4 Å². The molecule has 25 heavy (non-hydrogen) atoms. The van der Waals surface area contributed by atoms with Crippen molar-refractivity contribution in [2.75, 3.05) is 24.3 Å². The Morgan fingerprint density at radius 2 is 1.76 bits per heavy atom. The highest BCUT2D eigenvalue weighted by molar-refractivity contribution is 5.38. The van der Waals surface area contributed by atoms with E-state index in [1.807, 2.05) is 36.4 Å². The van der Waals surface area contributed by atoms with E-state index in [0.717, 1.165) is 24.3 Å². The lowest BCUT2D eigenvalue weighted by Crippen LogP contribution is -2.10. The number of nitrogens with zero attached hydrogens (tertiary/aromatic N) is 4. The number of aromatic nitrogens is 4. The summed E-state index contributed by atoms with van der Waals surface area (Å²) in [4.78, 5) is 8.42. The Kier molecular flexibility index (Phi) is 5.71. The molecule has 0 aliphatic carbocycles. The van der Waals surface area contributed by atoms with Gasteiger partial charge in [0.1, 0.15) is 5.75 Å². The van der Waals surface area contributed by atoms with Crippen LogP contribution in [0.3, 0.4) is 0 Å². The summed E-state index contributed by atoms with van der Waals surface area (Å²) >= 11 is 0. The number of methoxy groups -OCH3 is 1. The number of ether oxygens (including phenoxy) is 1. The number of hydrogen-bond donors (Lipinski definition) is 2. The predicted octanol–water partition coefficient (Wildman–Crippen LogP) is 2.54. The highest BCUT2D eigenvalue weighted by Crippen LogP contribution is 2.12. The molecule has 7 heteroatoms. The lowest BCUT2D eigenvalue weighted by atomic mass is 10.1. The van der Waals surface area contributed by atoms with E-state index >= 15 is 0 Å². The molecule has 0 spiro atoms. The zero-order chi connectivity index (χ0) is 17.3. The maximum absolute atomic E-state index is 5.16. The minimum absolute atomic E-state index is 0.508. The normalized spacial score (nSPS) is 10.3. The summed E-state index contributed by atoms with van der Waals surface area (Å²) < 4.78 is 5.16. The van der Waals surface area contributed by atoms with E-state index < -0.39 is 0 Å². The van der Waals surface area contributed by atoms with E-state index in [1.54, 1.807) is 25.7 Å². The van der Waals surface area contributed by atoms with Crippen LogP contribution in [-0.4, -0.2) is 33.8 Å². The van der Waals surface area contributed by atoms with Gasteiger partial charge in [-0.15, -0.1) is 5.10 Å². The van der Waals surface area contributed by atoms with Gasteiger partial charge >= 0.3 is 0 Å². The molecule has 2 N–H and O–H groups in total. The quantitative estimate of drug-likeness (QED) is 0.654. The van der Waals surface area contributed by atoms with Gasteiger partial charge in [-0.25, -0.2) is 0 Å². The average Bonchev–Trinajstić information content (AvgIpc) is 2.68. The van der Waals surface area contributed by atoms with Crippen LogP contribution in [0.2, 0.25) is 0 Å². The van der Waals surface area contributed by atoms with Gasteiger partial charge in [-0.05, 0) is 41.8 Å². The zero-order valence-corrected chi connectivity index (χ0v) is 14.0. The van der Waals surface area contributed by atoms with E-state index in [-0.39, 0.29) is 0 Å². The second-order valence-electron chi connectivity index (χ2n) is 5.40. The van der Waals surface area contributed by atoms with E-state index in [0.29, 0.717) is 18.3 Å². The Morgan fingerprint density at radius 1 is 0.960 bits per heavy atom. The highest BCUT2D eigenvalue weighted by Gasteiger charge is 2.01. The molecule has 7 nitrogen and oxygen atoms in total. The van der Waals surface area contributed by atoms with Crippen molar-refractivity contribution in [3.63, 3.8) is 0 Å². The molecule has 0 unspecified atom stereocenters. The van der Waals surface area contributed by atoms with Gasteiger partial charge in [-0.1, -0.05) is 12.1 Å². The SMILES string of the molecule is COc1ccc(CCNc2nncc(NCc3ccncc3)n2)cc1. The number of anilines is 2. The Hall–Kier alpha value is -3.22. The van der Waals surface area contributed by atoms with Crippen molar-refractivity contribution in [1.29, 1.82) is 0 Å². The van der Waals surface area contributed by atoms with Crippen molar-refractivity contribution in [2.45, 2.75) is 13.0 Å². The molecule has 0 radical (unpaired) electrons. The van der Waals surface area contributed by atoms with Crippen molar-refractivity contribution in [3.8, 4) is 5.75 Å². The first-order chi connectivity index (χ1) is 12.3. The molecule has 0 atom stereocenters. The molecule has 0 saturated heterocycles. The van der Waals surface area contributed by atoms with Crippen LogP contribution in [0.5, 0.6) is 5.75 Å². The molecule has 0 saturated carbocycles. The molecule has 2 aromatic heterocycles. The van der Waals surface area contributed by atoms with Gasteiger partial charge in [0.05, 0.1) is 13.3 Å². The van der Waals surface area contributed by atoms with E-state index in [4.69, 9.17) is 4.74 Å². The van der Waals surface area contributed by atoms with Crippen LogP contribution in [-0.2, 0) is 13.0 Å². The minimum atomic E-state index is 0.508. The zero-order valence-electron chi connectivity index (χ0n) is 14.0. The molecule has 3 rings (SSSR count). The summed E-state index contributed by atoms with van der Waals surface area (Å²) in [6, 6.07) is 11.9. The van der Waals surface area contributed by atoms with Gasteiger partial charge in [-0.2, -0.15) is 10.1 Å². The average molecular weight is 336 g/mol. The Morgan fingerprint density at radius 3 is 2.52 bits per heavy atom. The first-order valence-electron chi connectivity index (χ1n) is 8.03. The van der Waals surface area contributed by atoms with Gasteiger partial charge in [0.25, 0.3) is 0 Å². The third-order valence-electron chi connectivity index (χ3n) is 3.64. The fraction of sp³-hybridized carbons (Fsp3) is 0.222. The maximum Gasteiger partial charge on any atom is 0.244 e. The van der Waals surface area contributed by atoms with Crippen LogP contribution in [0.1, 0.15) is 11.1 Å². The summed E-state index contributed by atoms with van der Waals surface area (Å²) in [6.45, 7) is 1.38. The molecule has 2 heterocycles. The van der Waals surface area contributed by atoms with Crippen molar-refractivity contribution in [1.82, 2.24) is 20.2 Å². The van der Waals surface area contributed by atoms with Gasteiger partial charge in [0.15, 0.2) is 5.82 Å². The van der Waals surface area contributed by atoms with Crippen LogP contribution in [0, 0.1) is 0 Å². The predicted molar refractivity (Wildman–Crippen MR) is 96.6 cm³/mol. The minimum Gasteiger partial charge on any atom is -0.497 e. The standard InChI is InChI=1S/C18H20N6O/c1-25-16-4-2-14(3-5-16)8-11-20-18-23-17(13-22-24-18)21-12-15-6-9-19-10-7-15/h2-7,9-10,13H,8,11-12H2,1H3,(H2,20,21,23,24). The molecular weight excluding hydrogens is 316 g/mol. The molecular formula is C18H20N6O. The molecule has 0 amide bonds. The Labute approximate surface area is 146 Å². The van der Waals surface area contributed by atoms with E-state index in [1.165, 1.54) is 5.56 Å². The highest BCUT2D eigenvalue weighted by atomic mass is 16.5. The molecule has 0 bridgehead atoms. The van der Waals surface area contributed by atoms with Crippen molar-refractivity contribution in [2.24, 2.45) is 0 Å². The third-order valence-corrected chi connectivity index (χ3v) is 3.64. The topological polar surface area (TPSA) is 84.9 Å². The molecule has 0 aliphatic rings. The monoisotopic (exact) mass is 336 g/mol. The molecule has 3 aromatic rings. The second kappa shape index (κ2) is 8.58. The van der Waals surface area contributed by atoms with Crippen molar-refractivity contribution >= 4 is 11.8 Å². The smallest absolute Gasteiger partial charge is 0.244 e.